The molecule has 0 radical (unpaired) electrons. The molecule has 4 aromatic carbocycles. The van der Waals surface area contributed by atoms with E-state index in [1.807, 2.05) is 48.7 Å². The molecular weight excluding hydrogens is 456 g/mol. The Balaban J connectivity index is 1.74. The summed E-state index contributed by atoms with van der Waals surface area (Å²) in [5, 5.41) is 15.7. The molecule has 0 saturated heterocycles. The first-order valence-electron chi connectivity index (χ1n) is 11.7. The summed E-state index contributed by atoms with van der Waals surface area (Å²) < 4.78 is 6.27. The summed E-state index contributed by atoms with van der Waals surface area (Å²) in [5.74, 6) is 0. The number of nitrogens with zero attached hydrogens (tertiary/aromatic N) is 4. The van der Waals surface area contributed by atoms with Crippen molar-refractivity contribution >= 4 is 49.2 Å². The van der Waals surface area contributed by atoms with E-state index in [2.05, 4.69) is 51.2 Å². The van der Waals surface area contributed by atoms with Gasteiger partial charge in [-0.05, 0) is 68.6 Å². The van der Waals surface area contributed by atoms with Gasteiger partial charge < -0.3 is 4.42 Å². The second-order valence-electron chi connectivity index (χ2n) is 8.91. The Hall–Kier alpha value is -5.52. The van der Waals surface area contributed by atoms with Gasteiger partial charge in [-0.3, -0.25) is 9.97 Å². The Morgan fingerprint density at radius 1 is 0.649 bits per heavy atom. The van der Waals surface area contributed by atoms with Gasteiger partial charge in [0.2, 0.25) is 5.69 Å². The highest BCUT2D eigenvalue weighted by molar-refractivity contribution is 6.24. The van der Waals surface area contributed by atoms with Crippen LogP contribution in [0.5, 0.6) is 0 Å². The number of pyridine rings is 2. The zero-order chi connectivity index (χ0) is 24.9. The highest BCUT2D eigenvalue weighted by Gasteiger charge is 2.20. The number of hydrogen-bond acceptors (Lipinski definition) is 4. The highest BCUT2D eigenvalue weighted by Crippen LogP contribution is 2.46. The Bertz CT molecular complexity index is 2130. The zero-order valence-electron chi connectivity index (χ0n) is 19.4. The average molecular weight is 473 g/mol. The lowest BCUT2D eigenvalue weighted by Gasteiger charge is -2.18. The quantitative estimate of drug-likeness (QED) is 0.187. The van der Waals surface area contributed by atoms with Crippen molar-refractivity contribution < 1.29 is 4.42 Å². The molecule has 37 heavy (non-hydrogen) atoms. The van der Waals surface area contributed by atoms with E-state index in [1.54, 1.807) is 18.6 Å². The summed E-state index contributed by atoms with van der Waals surface area (Å²) >= 11 is 0. The molecule has 0 atom stereocenters. The van der Waals surface area contributed by atoms with Crippen molar-refractivity contribution in [2.45, 2.75) is 0 Å². The van der Waals surface area contributed by atoms with Crippen molar-refractivity contribution in [1.82, 2.24) is 9.97 Å². The molecule has 0 N–H and O–H groups in total. The number of aromatic nitrogens is 2. The van der Waals surface area contributed by atoms with Crippen LogP contribution >= 0.6 is 0 Å². The molecule has 5 nitrogen and oxygen atoms in total. The SMILES string of the molecule is [C-]#[N+]c1cncc(-c2c3ccccc3c(-c3cncc(C#N)c3)c3cc4oc5ccccc5c4cc23)c1. The predicted octanol–water partition coefficient (Wildman–Crippen LogP) is 8.44. The second-order valence-corrected chi connectivity index (χ2v) is 8.91. The number of benzene rings is 4. The standard InChI is InChI=1S/C32H16N4O/c1-34-22-11-21(17-36-18-22)32-25-8-3-2-7-24(25)31(20-10-19(14-33)15-35-16-20)28-13-30-26(12-27(28)32)23-6-4-5-9-29(23)37-30/h2-13,15-18H. The third kappa shape index (κ3) is 3.16. The van der Waals surface area contributed by atoms with E-state index in [0.29, 0.717) is 11.3 Å². The smallest absolute Gasteiger partial charge is 0.205 e. The number of furan rings is 1. The lowest BCUT2D eigenvalue weighted by Crippen LogP contribution is -1.92. The lowest BCUT2D eigenvalue weighted by molar-refractivity contribution is 0.669. The average Bonchev–Trinajstić information content (AvgIpc) is 3.32. The number of fused-ring (bicyclic) bond motifs is 5. The van der Waals surface area contributed by atoms with Crippen LogP contribution in [0, 0.1) is 17.9 Å². The minimum atomic E-state index is 0.486. The Labute approximate surface area is 211 Å². The molecule has 5 heteroatoms. The molecule has 0 aliphatic rings. The van der Waals surface area contributed by atoms with E-state index < -0.39 is 0 Å². The summed E-state index contributed by atoms with van der Waals surface area (Å²) in [4.78, 5) is 12.3. The fraction of sp³-hybridized carbons (Fsp3) is 0. The maximum absolute atomic E-state index is 9.56. The van der Waals surface area contributed by atoms with Crippen LogP contribution in [-0.4, -0.2) is 9.97 Å². The molecule has 0 fully saturated rings. The van der Waals surface area contributed by atoms with Gasteiger partial charge >= 0.3 is 0 Å². The van der Waals surface area contributed by atoms with E-state index >= 15 is 0 Å². The fourth-order valence-electron chi connectivity index (χ4n) is 5.28. The van der Waals surface area contributed by atoms with Crippen molar-refractivity contribution in [3.8, 4) is 28.3 Å². The van der Waals surface area contributed by atoms with Crippen LogP contribution in [0.3, 0.4) is 0 Å². The van der Waals surface area contributed by atoms with Gasteiger partial charge in [0.05, 0.1) is 12.1 Å². The molecule has 0 bridgehead atoms. The molecule has 0 saturated carbocycles. The van der Waals surface area contributed by atoms with Crippen LogP contribution in [-0.2, 0) is 0 Å². The van der Waals surface area contributed by atoms with Gasteiger partial charge in [0.25, 0.3) is 0 Å². The van der Waals surface area contributed by atoms with Crippen molar-refractivity contribution in [3.05, 3.63) is 115 Å². The molecule has 0 aliphatic heterocycles. The van der Waals surface area contributed by atoms with Crippen LogP contribution in [0.15, 0.2) is 102 Å². The molecule has 0 aliphatic carbocycles. The van der Waals surface area contributed by atoms with Crippen LogP contribution in [0.4, 0.5) is 5.69 Å². The van der Waals surface area contributed by atoms with E-state index in [0.717, 1.165) is 65.7 Å². The van der Waals surface area contributed by atoms with Gasteiger partial charge in [-0.2, -0.15) is 5.26 Å². The van der Waals surface area contributed by atoms with E-state index in [-0.39, 0.29) is 0 Å². The largest absolute Gasteiger partial charge is 0.456 e. The summed E-state index contributed by atoms with van der Waals surface area (Å²) in [5.41, 5.74) is 6.31. The third-order valence-corrected chi connectivity index (χ3v) is 6.82. The number of rotatable bonds is 2. The first-order valence-corrected chi connectivity index (χ1v) is 11.7. The fourth-order valence-corrected chi connectivity index (χ4v) is 5.28. The monoisotopic (exact) mass is 472 g/mol. The van der Waals surface area contributed by atoms with Crippen molar-refractivity contribution in [2.24, 2.45) is 0 Å². The molecule has 0 unspecified atom stereocenters. The molecule has 0 amide bonds. The maximum atomic E-state index is 9.56. The number of hydrogen-bond donors (Lipinski definition) is 0. The summed E-state index contributed by atoms with van der Waals surface area (Å²) in [6, 6.07) is 26.5. The summed E-state index contributed by atoms with van der Waals surface area (Å²) in [6.07, 6.45) is 6.76. The number of nitriles is 1. The van der Waals surface area contributed by atoms with Gasteiger partial charge in [0.15, 0.2) is 0 Å². The molecule has 3 heterocycles. The minimum absolute atomic E-state index is 0.486. The molecule has 3 aromatic heterocycles. The normalized spacial score (nSPS) is 11.2. The maximum Gasteiger partial charge on any atom is 0.205 e. The van der Waals surface area contributed by atoms with E-state index in [4.69, 9.17) is 11.0 Å². The van der Waals surface area contributed by atoms with Gasteiger partial charge in [-0.25, -0.2) is 4.85 Å². The van der Waals surface area contributed by atoms with Crippen molar-refractivity contribution in [2.75, 3.05) is 0 Å². The minimum Gasteiger partial charge on any atom is -0.456 e. The van der Waals surface area contributed by atoms with Gasteiger partial charge in [-0.1, -0.05) is 42.5 Å². The zero-order valence-corrected chi connectivity index (χ0v) is 19.4. The van der Waals surface area contributed by atoms with Crippen molar-refractivity contribution in [3.63, 3.8) is 0 Å². The molecule has 7 aromatic rings. The summed E-state index contributed by atoms with van der Waals surface area (Å²) in [6.45, 7) is 7.53. The van der Waals surface area contributed by atoms with Crippen LogP contribution in [0.25, 0.3) is 70.6 Å². The molecular formula is C32H16N4O. The Kier molecular flexibility index (Phi) is 4.51. The number of para-hydroxylation sites is 1. The van der Waals surface area contributed by atoms with Crippen LogP contribution < -0.4 is 0 Å². The van der Waals surface area contributed by atoms with Crippen LogP contribution in [0.1, 0.15) is 5.56 Å². The van der Waals surface area contributed by atoms with Crippen molar-refractivity contribution in [1.29, 1.82) is 5.26 Å². The van der Waals surface area contributed by atoms with E-state index in [9.17, 15) is 5.26 Å². The molecule has 170 valence electrons. The van der Waals surface area contributed by atoms with Gasteiger partial charge in [0.1, 0.15) is 17.2 Å². The first kappa shape index (κ1) is 20.8. The topological polar surface area (TPSA) is 67.1 Å². The summed E-state index contributed by atoms with van der Waals surface area (Å²) in [7, 11) is 0. The lowest BCUT2D eigenvalue weighted by atomic mass is 9.86. The van der Waals surface area contributed by atoms with Gasteiger partial charge in [0, 0.05) is 41.1 Å². The van der Waals surface area contributed by atoms with Gasteiger partial charge in [-0.15, -0.1) is 0 Å². The molecule has 0 spiro atoms. The Morgan fingerprint density at radius 3 is 2.03 bits per heavy atom. The first-order chi connectivity index (χ1) is 18.2. The predicted molar refractivity (Wildman–Crippen MR) is 146 cm³/mol. The highest BCUT2D eigenvalue weighted by atomic mass is 16.3. The van der Waals surface area contributed by atoms with Crippen LogP contribution in [0.2, 0.25) is 0 Å². The Morgan fingerprint density at radius 2 is 1.30 bits per heavy atom. The third-order valence-electron chi connectivity index (χ3n) is 6.82. The second kappa shape index (κ2) is 8.02. The molecule has 7 rings (SSSR count). The van der Waals surface area contributed by atoms with E-state index in [1.165, 1.54) is 0 Å².